The van der Waals surface area contributed by atoms with Gasteiger partial charge in [-0.15, -0.1) is 0 Å². The Morgan fingerprint density at radius 1 is 1.53 bits per heavy atom. The molecule has 0 aliphatic carbocycles. The van der Waals surface area contributed by atoms with Crippen LogP contribution in [-0.2, 0) is 6.42 Å². The summed E-state index contributed by atoms with van der Waals surface area (Å²) in [6.07, 6.45) is 2.86. The van der Waals surface area contributed by atoms with Crippen molar-refractivity contribution in [1.29, 1.82) is 0 Å². The zero-order valence-electron chi connectivity index (χ0n) is 9.88. The molecule has 0 saturated carbocycles. The normalized spacial score (nSPS) is 12.5. The van der Waals surface area contributed by atoms with Crippen molar-refractivity contribution in [3.05, 3.63) is 41.7 Å². The van der Waals surface area contributed by atoms with Crippen LogP contribution < -0.4 is 5.32 Å². The lowest BCUT2D eigenvalue weighted by molar-refractivity contribution is 0.601. The fraction of sp³-hybridized carbons (Fsp3) is 0.462. The van der Waals surface area contributed by atoms with Crippen molar-refractivity contribution < 1.29 is 0 Å². The molecule has 0 aliphatic heterocycles. The summed E-state index contributed by atoms with van der Waals surface area (Å²) in [4.78, 5) is 4.47. The van der Waals surface area contributed by atoms with Crippen LogP contribution in [0.25, 0.3) is 0 Å². The Balaban J connectivity index is 3.04. The molecule has 0 radical (unpaired) electrons. The zero-order valence-corrected chi connectivity index (χ0v) is 9.88. The smallest absolute Gasteiger partial charge is 0.0708 e. The lowest BCUT2D eigenvalue weighted by Gasteiger charge is -2.19. The first kappa shape index (κ1) is 11.9. The second kappa shape index (κ2) is 5.66. The molecule has 0 saturated heterocycles. The summed E-state index contributed by atoms with van der Waals surface area (Å²) in [5.41, 5.74) is 3.53. The maximum absolute atomic E-state index is 4.47. The largest absolute Gasteiger partial charge is 0.306 e. The number of hydrogen-bond donors (Lipinski definition) is 1. The highest BCUT2D eigenvalue weighted by molar-refractivity contribution is 5.28. The summed E-state index contributed by atoms with van der Waals surface area (Å²) >= 11 is 0. The van der Waals surface area contributed by atoms with Crippen molar-refractivity contribution in [1.82, 2.24) is 10.3 Å². The van der Waals surface area contributed by atoms with Gasteiger partial charge in [0.15, 0.2) is 0 Å². The molecule has 0 amide bonds. The van der Waals surface area contributed by atoms with Crippen LogP contribution in [0.1, 0.15) is 38.1 Å². The molecule has 0 spiro atoms. The fourth-order valence-corrected chi connectivity index (χ4v) is 1.72. The van der Waals surface area contributed by atoms with E-state index in [0.29, 0.717) is 0 Å². The SMILES string of the molecule is C=C(C)C(NCC)c1ncccc1CC. The summed E-state index contributed by atoms with van der Waals surface area (Å²) in [7, 11) is 0. The Kier molecular flexibility index (Phi) is 4.50. The van der Waals surface area contributed by atoms with Gasteiger partial charge >= 0.3 is 0 Å². The molecule has 0 bridgehead atoms. The second-order valence-electron chi connectivity index (χ2n) is 3.74. The average Bonchev–Trinajstić information content (AvgIpc) is 2.25. The molecule has 0 fully saturated rings. The van der Waals surface area contributed by atoms with Gasteiger partial charge in [0, 0.05) is 6.20 Å². The van der Waals surface area contributed by atoms with Crippen molar-refractivity contribution in [3.63, 3.8) is 0 Å². The highest BCUT2D eigenvalue weighted by atomic mass is 14.9. The first-order chi connectivity index (χ1) is 7.20. The van der Waals surface area contributed by atoms with E-state index in [9.17, 15) is 0 Å². The highest BCUT2D eigenvalue weighted by Gasteiger charge is 2.14. The third kappa shape index (κ3) is 2.90. The summed E-state index contributed by atoms with van der Waals surface area (Å²) in [6.45, 7) is 11.3. The van der Waals surface area contributed by atoms with Crippen molar-refractivity contribution >= 4 is 0 Å². The predicted molar refractivity (Wildman–Crippen MR) is 64.8 cm³/mol. The van der Waals surface area contributed by atoms with Gasteiger partial charge in [0.25, 0.3) is 0 Å². The van der Waals surface area contributed by atoms with Gasteiger partial charge in [-0.05, 0) is 31.5 Å². The molecular weight excluding hydrogens is 184 g/mol. The number of aryl methyl sites for hydroxylation is 1. The highest BCUT2D eigenvalue weighted by Crippen LogP contribution is 2.21. The van der Waals surface area contributed by atoms with Crippen molar-refractivity contribution in [3.8, 4) is 0 Å². The first-order valence-corrected chi connectivity index (χ1v) is 5.53. The van der Waals surface area contributed by atoms with Crippen LogP contribution in [-0.4, -0.2) is 11.5 Å². The molecule has 1 unspecified atom stereocenters. The number of likely N-dealkylation sites (N-methyl/N-ethyl adjacent to an activating group) is 1. The summed E-state index contributed by atoms with van der Waals surface area (Å²) < 4.78 is 0. The Hall–Kier alpha value is -1.15. The molecular formula is C13H20N2. The molecule has 1 aromatic rings. The molecule has 0 aromatic carbocycles. The molecule has 15 heavy (non-hydrogen) atoms. The molecule has 82 valence electrons. The molecule has 2 nitrogen and oxygen atoms in total. The van der Waals surface area contributed by atoms with Gasteiger partial charge in [0.1, 0.15) is 0 Å². The molecule has 1 heterocycles. The van der Waals surface area contributed by atoms with E-state index in [1.54, 1.807) is 0 Å². The number of rotatable bonds is 5. The fourth-order valence-electron chi connectivity index (χ4n) is 1.72. The van der Waals surface area contributed by atoms with Gasteiger partial charge in [-0.2, -0.15) is 0 Å². The number of nitrogens with one attached hydrogen (secondary N) is 1. The lowest BCUT2D eigenvalue weighted by Crippen LogP contribution is -2.23. The van der Waals surface area contributed by atoms with Crippen LogP contribution in [0.2, 0.25) is 0 Å². The molecule has 1 atom stereocenters. The molecule has 1 N–H and O–H groups in total. The zero-order chi connectivity index (χ0) is 11.3. The maximum atomic E-state index is 4.47. The minimum atomic E-state index is 0.186. The van der Waals surface area contributed by atoms with Crippen LogP contribution in [0, 0.1) is 0 Å². The van der Waals surface area contributed by atoms with Gasteiger partial charge in [0.2, 0.25) is 0 Å². The predicted octanol–water partition coefficient (Wildman–Crippen LogP) is 2.87. The van der Waals surface area contributed by atoms with Crippen LogP contribution in [0.4, 0.5) is 0 Å². The lowest BCUT2D eigenvalue weighted by atomic mass is 10.0. The molecule has 1 aromatic heterocycles. The van der Waals surface area contributed by atoms with E-state index in [4.69, 9.17) is 0 Å². The Bertz CT molecular complexity index is 331. The van der Waals surface area contributed by atoms with Gasteiger partial charge in [-0.25, -0.2) is 0 Å². The van der Waals surface area contributed by atoms with Gasteiger partial charge in [-0.1, -0.05) is 32.1 Å². The average molecular weight is 204 g/mol. The minimum Gasteiger partial charge on any atom is -0.306 e. The van der Waals surface area contributed by atoms with Gasteiger partial charge in [-0.3, -0.25) is 4.98 Å². The third-order valence-electron chi connectivity index (χ3n) is 2.48. The molecule has 1 rings (SSSR count). The van der Waals surface area contributed by atoms with E-state index in [2.05, 4.69) is 36.8 Å². The minimum absolute atomic E-state index is 0.186. The van der Waals surface area contributed by atoms with Gasteiger partial charge in [0.05, 0.1) is 11.7 Å². The van der Waals surface area contributed by atoms with Crippen LogP contribution in [0.5, 0.6) is 0 Å². The van der Waals surface area contributed by atoms with E-state index in [1.807, 2.05) is 19.2 Å². The van der Waals surface area contributed by atoms with Crippen LogP contribution in [0.3, 0.4) is 0 Å². The van der Waals surface area contributed by atoms with Crippen molar-refractivity contribution in [2.75, 3.05) is 6.54 Å². The van der Waals surface area contributed by atoms with Gasteiger partial charge < -0.3 is 5.32 Å². The Morgan fingerprint density at radius 2 is 2.27 bits per heavy atom. The summed E-state index contributed by atoms with van der Waals surface area (Å²) in [5, 5.41) is 3.41. The topological polar surface area (TPSA) is 24.9 Å². The Labute approximate surface area is 92.4 Å². The van der Waals surface area contributed by atoms with Crippen LogP contribution in [0.15, 0.2) is 30.5 Å². The molecule has 0 aliphatic rings. The summed E-state index contributed by atoms with van der Waals surface area (Å²) in [6, 6.07) is 4.31. The van der Waals surface area contributed by atoms with E-state index in [1.165, 1.54) is 5.56 Å². The summed E-state index contributed by atoms with van der Waals surface area (Å²) in [5.74, 6) is 0. The second-order valence-corrected chi connectivity index (χ2v) is 3.74. The van der Waals surface area contributed by atoms with E-state index < -0.39 is 0 Å². The van der Waals surface area contributed by atoms with Crippen molar-refractivity contribution in [2.24, 2.45) is 0 Å². The quantitative estimate of drug-likeness (QED) is 0.746. The first-order valence-electron chi connectivity index (χ1n) is 5.53. The van der Waals surface area contributed by atoms with E-state index in [0.717, 1.165) is 24.2 Å². The van der Waals surface area contributed by atoms with E-state index >= 15 is 0 Å². The van der Waals surface area contributed by atoms with E-state index in [-0.39, 0.29) is 6.04 Å². The van der Waals surface area contributed by atoms with Crippen LogP contribution >= 0.6 is 0 Å². The molecule has 2 heteroatoms. The maximum Gasteiger partial charge on any atom is 0.0708 e. The number of nitrogens with zero attached hydrogens (tertiary/aromatic N) is 1. The third-order valence-corrected chi connectivity index (χ3v) is 2.48. The standard InChI is InChI=1S/C13H20N2/c1-5-11-8-7-9-15-13(11)12(10(3)4)14-6-2/h7-9,12,14H,3,5-6H2,1-2,4H3. The van der Waals surface area contributed by atoms with Crippen molar-refractivity contribution in [2.45, 2.75) is 33.2 Å². The number of aromatic nitrogens is 1. The Morgan fingerprint density at radius 3 is 2.80 bits per heavy atom. The number of pyridine rings is 1. The number of hydrogen-bond acceptors (Lipinski definition) is 2. The monoisotopic (exact) mass is 204 g/mol.